The minimum Gasteiger partial charge on any atom is -0.450 e. The average molecular weight is 461 g/mol. The molecule has 1 aromatic heterocycles. The second kappa shape index (κ2) is 8.09. The first-order chi connectivity index (χ1) is 16.3. The molecule has 3 heterocycles. The van der Waals surface area contributed by atoms with Crippen molar-refractivity contribution < 1.29 is 18.7 Å². The number of fused-ring (bicyclic) bond motifs is 5. The van der Waals surface area contributed by atoms with Gasteiger partial charge < -0.3 is 19.0 Å². The van der Waals surface area contributed by atoms with Gasteiger partial charge in [-0.1, -0.05) is 29.8 Å². The number of para-hydroxylation sites is 1. The minimum absolute atomic E-state index is 0.0489. The van der Waals surface area contributed by atoms with Gasteiger partial charge in [0.25, 0.3) is 11.8 Å². The van der Waals surface area contributed by atoms with E-state index in [1.807, 2.05) is 58.0 Å². The zero-order valence-electron chi connectivity index (χ0n) is 19.9. The van der Waals surface area contributed by atoms with E-state index in [9.17, 15) is 14.4 Å². The maximum Gasteiger partial charge on any atom is 0.291 e. The van der Waals surface area contributed by atoms with E-state index < -0.39 is 11.4 Å². The number of likely N-dealkylation sites (N-methyl/N-ethyl adjacent to an activating group) is 1. The van der Waals surface area contributed by atoms with E-state index in [0.29, 0.717) is 41.8 Å². The van der Waals surface area contributed by atoms with Gasteiger partial charge in [-0.15, -0.1) is 0 Å². The van der Waals surface area contributed by atoms with Crippen LogP contribution in [0.25, 0.3) is 11.0 Å². The Morgan fingerprint density at radius 1 is 1.09 bits per heavy atom. The van der Waals surface area contributed by atoms with Crippen LogP contribution in [0, 0.1) is 6.92 Å². The summed E-state index contributed by atoms with van der Waals surface area (Å²) >= 11 is 0. The van der Waals surface area contributed by atoms with Crippen LogP contribution in [0.3, 0.4) is 0 Å². The first kappa shape index (κ1) is 22.3. The summed E-state index contributed by atoms with van der Waals surface area (Å²) < 4.78 is 11.7. The highest BCUT2D eigenvalue weighted by atomic mass is 16.5. The van der Waals surface area contributed by atoms with Crippen molar-refractivity contribution in [3.63, 3.8) is 0 Å². The molecule has 34 heavy (non-hydrogen) atoms. The third-order valence-corrected chi connectivity index (χ3v) is 6.68. The van der Waals surface area contributed by atoms with Gasteiger partial charge in [0.15, 0.2) is 11.0 Å². The summed E-state index contributed by atoms with van der Waals surface area (Å²) in [6, 6.07) is 12.7. The van der Waals surface area contributed by atoms with E-state index in [4.69, 9.17) is 9.15 Å². The van der Waals surface area contributed by atoms with Gasteiger partial charge in [-0.2, -0.15) is 0 Å². The molecule has 176 valence electrons. The average Bonchev–Trinajstić information content (AvgIpc) is 3.21. The number of anilines is 1. The molecule has 7 heteroatoms. The Hall–Kier alpha value is -3.45. The van der Waals surface area contributed by atoms with Gasteiger partial charge in [0, 0.05) is 25.3 Å². The highest BCUT2D eigenvalue weighted by Crippen LogP contribution is 2.52. The molecule has 7 nitrogen and oxygen atoms in total. The van der Waals surface area contributed by atoms with Gasteiger partial charge >= 0.3 is 0 Å². The summed E-state index contributed by atoms with van der Waals surface area (Å²) in [4.78, 5) is 45.1. The highest BCUT2D eigenvalue weighted by molar-refractivity contribution is 6.17. The molecule has 1 atom stereocenters. The van der Waals surface area contributed by atoms with Crippen LogP contribution in [0.15, 0.2) is 51.7 Å². The third kappa shape index (κ3) is 2.96. The topological polar surface area (TPSA) is 80.1 Å². The molecule has 0 bridgehead atoms. The van der Waals surface area contributed by atoms with Gasteiger partial charge in [0.05, 0.1) is 22.7 Å². The molecular formula is C27H28N2O5. The monoisotopic (exact) mass is 460 g/mol. The Kier molecular flexibility index (Phi) is 5.32. The normalized spacial score (nSPS) is 19.1. The van der Waals surface area contributed by atoms with Crippen molar-refractivity contribution in [2.45, 2.75) is 45.8 Å². The van der Waals surface area contributed by atoms with E-state index in [1.165, 1.54) is 4.90 Å². The molecular weight excluding hydrogens is 432 g/mol. The first-order valence-electron chi connectivity index (χ1n) is 11.7. The lowest BCUT2D eigenvalue weighted by molar-refractivity contribution is -0.126. The van der Waals surface area contributed by atoms with Gasteiger partial charge in [-0.25, -0.2) is 0 Å². The number of hydrogen-bond acceptors (Lipinski definition) is 5. The first-order valence-corrected chi connectivity index (χ1v) is 11.7. The van der Waals surface area contributed by atoms with Crippen LogP contribution < -0.4 is 10.3 Å². The lowest BCUT2D eigenvalue weighted by Gasteiger charge is -2.34. The number of nitrogens with zero attached hydrogens (tertiary/aromatic N) is 2. The van der Waals surface area contributed by atoms with Crippen LogP contribution in [0.5, 0.6) is 0 Å². The molecule has 2 aliphatic heterocycles. The van der Waals surface area contributed by atoms with Crippen molar-refractivity contribution in [2.75, 3.05) is 24.6 Å². The minimum atomic E-state index is -1.55. The zero-order valence-corrected chi connectivity index (χ0v) is 19.9. The summed E-state index contributed by atoms with van der Waals surface area (Å²) in [7, 11) is 0. The van der Waals surface area contributed by atoms with Crippen LogP contribution in [0.1, 0.15) is 54.4 Å². The van der Waals surface area contributed by atoms with E-state index in [-0.39, 0.29) is 35.3 Å². The fraction of sp³-hybridized carbons (Fsp3) is 0.370. The molecule has 2 aliphatic rings. The van der Waals surface area contributed by atoms with Gasteiger partial charge in [0.1, 0.15) is 5.58 Å². The van der Waals surface area contributed by atoms with E-state index >= 15 is 0 Å². The van der Waals surface area contributed by atoms with Gasteiger partial charge in [-0.3, -0.25) is 14.4 Å². The molecule has 5 rings (SSSR count). The number of benzene rings is 2. The smallest absolute Gasteiger partial charge is 0.291 e. The molecule has 0 radical (unpaired) electrons. The fourth-order valence-corrected chi connectivity index (χ4v) is 5.26. The van der Waals surface area contributed by atoms with Crippen LogP contribution in [-0.2, 0) is 15.1 Å². The summed E-state index contributed by atoms with van der Waals surface area (Å²) in [5.41, 5.74) is 0.822. The number of carbonyl (C=O) groups excluding carboxylic acids is 2. The SMILES string of the molecule is CCN1C(=O)C2(c3ccccc31)c1c(oc3ccc(C)cc3c1=O)C(=O)N2CCCOC(C)C. The number of ether oxygens (including phenoxy) is 1. The Labute approximate surface area is 197 Å². The molecule has 1 spiro atoms. The van der Waals surface area contributed by atoms with Crippen molar-refractivity contribution >= 4 is 28.5 Å². The van der Waals surface area contributed by atoms with Crippen molar-refractivity contribution in [3.8, 4) is 0 Å². The van der Waals surface area contributed by atoms with Crippen molar-refractivity contribution in [3.05, 3.63) is 75.1 Å². The molecule has 0 saturated carbocycles. The van der Waals surface area contributed by atoms with Gasteiger partial charge in [0.2, 0.25) is 5.76 Å². The highest BCUT2D eigenvalue weighted by Gasteiger charge is 2.64. The summed E-state index contributed by atoms with van der Waals surface area (Å²) in [5, 5.41) is 0.371. The second-order valence-corrected chi connectivity index (χ2v) is 9.14. The number of amides is 2. The van der Waals surface area contributed by atoms with E-state index in [1.54, 1.807) is 17.0 Å². The molecule has 0 fully saturated rings. The Bertz CT molecular complexity index is 1380. The Balaban J connectivity index is 1.78. The number of aryl methyl sites for hydroxylation is 1. The molecule has 2 amide bonds. The van der Waals surface area contributed by atoms with Crippen LogP contribution >= 0.6 is 0 Å². The predicted octanol–water partition coefficient (Wildman–Crippen LogP) is 3.98. The van der Waals surface area contributed by atoms with Crippen LogP contribution in [0.2, 0.25) is 0 Å². The molecule has 0 saturated heterocycles. The second-order valence-electron chi connectivity index (χ2n) is 9.14. The predicted molar refractivity (Wildman–Crippen MR) is 129 cm³/mol. The summed E-state index contributed by atoms with van der Waals surface area (Å²) in [5.74, 6) is -0.792. The lowest BCUT2D eigenvalue weighted by atomic mass is 9.84. The van der Waals surface area contributed by atoms with Crippen LogP contribution in [-0.4, -0.2) is 42.5 Å². The standard InChI is InChI=1S/C27H28N2O5/c1-5-28-20-10-7-6-9-19(20)27(26(28)32)22-23(30)18-15-17(4)11-12-21(18)34-24(22)25(31)29(27)13-8-14-33-16(2)3/h6-7,9-12,15-16H,5,8,13-14H2,1-4H3. The maximum absolute atomic E-state index is 14.2. The molecule has 3 aromatic rings. The van der Waals surface area contributed by atoms with E-state index in [2.05, 4.69) is 0 Å². The number of hydrogen-bond donors (Lipinski definition) is 0. The maximum atomic E-state index is 14.2. The molecule has 1 unspecified atom stereocenters. The Morgan fingerprint density at radius 3 is 2.59 bits per heavy atom. The molecule has 0 aliphatic carbocycles. The zero-order chi connectivity index (χ0) is 24.2. The fourth-order valence-electron chi connectivity index (χ4n) is 5.26. The molecule has 2 aromatic carbocycles. The van der Waals surface area contributed by atoms with Crippen molar-refractivity contribution in [1.29, 1.82) is 0 Å². The Morgan fingerprint density at radius 2 is 1.85 bits per heavy atom. The van der Waals surface area contributed by atoms with Crippen LogP contribution in [0.4, 0.5) is 5.69 Å². The summed E-state index contributed by atoms with van der Waals surface area (Å²) in [6.45, 7) is 8.78. The number of carbonyl (C=O) groups is 2. The van der Waals surface area contributed by atoms with Crippen molar-refractivity contribution in [1.82, 2.24) is 4.90 Å². The van der Waals surface area contributed by atoms with Crippen molar-refractivity contribution in [2.24, 2.45) is 0 Å². The molecule has 0 N–H and O–H groups in total. The van der Waals surface area contributed by atoms with E-state index in [0.717, 1.165) is 5.56 Å². The lowest BCUT2D eigenvalue weighted by Crippen LogP contribution is -2.53. The quantitative estimate of drug-likeness (QED) is 0.520. The third-order valence-electron chi connectivity index (χ3n) is 6.68. The number of rotatable bonds is 6. The van der Waals surface area contributed by atoms with Gasteiger partial charge in [-0.05, 0) is 52.3 Å². The largest absolute Gasteiger partial charge is 0.450 e. The summed E-state index contributed by atoms with van der Waals surface area (Å²) in [6.07, 6.45) is 0.579.